The maximum absolute atomic E-state index is 13.1. The molecule has 0 radical (unpaired) electrons. The quantitative estimate of drug-likeness (QED) is 0.480. The van der Waals surface area contributed by atoms with E-state index in [-0.39, 0.29) is 28.7 Å². The predicted molar refractivity (Wildman–Crippen MR) is 119 cm³/mol. The van der Waals surface area contributed by atoms with Crippen molar-refractivity contribution < 1.29 is 22.7 Å². The van der Waals surface area contributed by atoms with Crippen LogP contribution < -0.4 is 15.4 Å². The maximum atomic E-state index is 13.1. The van der Waals surface area contributed by atoms with Crippen LogP contribution in [0.3, 0.4) is 0 Å². The van der Waals surface area contributed by atoms with Gasteiger partial charge in [-0.05, 0) is 42.2 Å². The highest BCUT2D eigenvalue weighted by Gasteiger charge is 2.35. The van der Waals surface area contributed by atoms with Crippen molar-refractivity contribution >= 4 is 28.9 Å². The van der Waals surface area contributed by atoms with Gasteiger partial charge in [-0.15, -0.1) is 0 Å². The lowest BCUT2D eigenvalue weighted by Crippen LogP contribution is -2.29. The second-order valence-corrected chi connectivity index (χ2v) is 8.69. The Kier molecular flexibility index (Phi) is 5.73. The number of nitrogens with one attached hydrogen (secondary N) is 2. The van der Waals surface area contributed by atoms with Gasteiger partial charge in [-0.2, -0.15) is 18.2 Å². The molecule has 0 aliphatic heterocycles. The van der Waals surface area contributed by atoms with Crippen LogP contribution in [0.4, 0.5) is 36.3 Å². The summed E-state index contributed by atoms with van der Waals surface area (Å²) in [6.07, 6.45) is -3.61. The van der Waals surface area contributed by atoms with Crippen molar-refractivity contribution in [2.75, 3.05) is 17.7 Å². The number of Topliss-reactive ketones (excluding diaryl/α,β-unsaturated/α-hetero) is 1. The molecule has 0 unspecified atom stereocenters. The van der Waals surface area contributed by atoms with Gasteiger partial charge in [0.2, 0.25) is 5.95 Å². The topological polar surface area (TPSA) is 76.1 Å². The van der Waals surface area contributed by atoms with E-state index in [0.717, 1.165) is 12.1 Å². The van der Waals surface area contributed by atoms with E-state index in [1.165, 1.54) is 19.2 Å². The molecule has 0 saturated carbocycles. The van der Waals surface area contributed by atoms with Crippen molar-refractivity contribution in [1.82, 2.24) is 9.97 Å². The number of nitrogens with zero attached hydrogens (tertiary/aromatic N) is 2. The summed E-state index contributed by atoms with van der Waals surface area (Å²) in [5.74, 6) is 0.834. The minimum absolute atomic E-state index is 0.0933. The summed E-state index contributed by atoms with van der Waals surface area (Å²) in [5, 5.41) is 6.01. The van der Waals surface area contributed by atoms with Crippen LogP contribution in [0.1, 0.15) is 41.9 Å². The highest BCUT2D eigenvalue weighted by Crippen LogP contribution is 2.39. The number of fused-ring (bicyclic) bond motifs is 1. The number of carbonyl (C=O) groups is 1. The molecule has 0 bridgehead atoms. The molecule has 0 saturated heterocycles. The molecule has 33 heavy (non-hydrogen) atoms. The molecule has 9 heteroatoms. The fourth-order valence-corrected chi connectivity index (χ4v) is 3.89. The Labute approximate surface area is 189 Å². The number of carbonyl (C=O) groups excluding carboxylic acids is 1. The van der Waals surface area contributed by atoms with Crippen LogP contribution in [0.15, 0.2) is 48.5 Å². The van der Waals surface area contributed by atoms with Crippen LogP contribution in [-0.4, -0.2) is 22.9 Å². The number of hydrogen-bond acceptors (Lipinski definition) is 6. The fraction of sp³-hybridized carbons (Fsp3) is 0.292. The number of hydrogen-bond donors (Lipinski definition) is 2. The van der Waals surface area contributed by atoms with Crippen LogP contribution in [0.2, 0.25) is 0 Å². The number of para-hydroxylation sites is 2. The van der Waals surface area contributed by atoms with E-state index in [0.29, 0.717) is 35.5 Å². The second-order valence-electron chi connectivity index (χ2n) is 8.69. The summed E-state index contributed by atoms with van der Waals surface area (Å²) < 4.78 is 44.7. The Balaban J connectivity index is 1.78. The first kappa shape index (κ1) is 22.6. The van der Waals surface area contributed by atoms with Crippen LogP contribution in [0.25, 0.3) is 0 Å². The van der Waals surface area contributed by atoms with Crippen LogP contribution in [0.5, 0.6) is 5.75 Å². The van der Waals surface area contributed by atoms with Gasteiger partial charge >= 0.3 is 6.18 Å². The summed E-state index contributed by atoms with van der Waals surface area (Å²) in [5.41, 5.74) is 0.633. The number of anilines is 4. The van der Waals surface area contributed by atoms with Gasteiger partial charge in [0.25, 0.3) is 0 Å². The molecule has 0 amide bonds. The maximum Gasteiger partial charge on any atom is 0.416 e. The van der Waals surface area contributed by atoms with E-state index < -0.39 is 11.7 Å². The third-order valence-corrected chi connectivity index (χ3v) is 5.35. The standard InChI is InChI=1S/C24H23F3N4O2/c1-23(2)12-17-20(18(32)13-23)21(29-16-9-4-5-10-19(16)33-3)31-22(30-17)28-15-8-6-7-14(11-15)24(25,26)27/h4-11H,12-13H2,1-3H3,(H2,28,29,30,31). The van der Waals surface area contributed by atoms with Crippen molar-refractivity contribution in [2.45, 2.75) is 32.9 Å². The average molecular weight is 456 g/mol. The first-order valence-corrected chi connectivity index (χ1v) is 10.3. The third-order valence-electron chi connectivity index (χ3n) is 5.35. The molecule has 2 aromatic carbocycles. The number of ketones is 1. The Hall–Kier alpha value is -3.62. The lowest BCUT2D eigenvalue weighted by Gasteiger charge is -2.30. The van der Waals surface area contributed by atoms with Crippen LogP contribution in [0, 0.1) is 5.41 Å². The molecular weight excluding hydrogens is 433 g/mol. The zero-order valence-corrected chi connectivity index (χ0v) is 18.4. The summed E-state index contributed by atoms with van der Waals surface area (Å²) in [6, 6.07) is 12.0. The van der Waals surface area contributed by atoms with Gasteiger partial charge < -0.3 is 15.4 Å². The van der Waals surface area contributed by atoms with Crippen molar-refractivity contribution in [2.24, 2.45) is 5.41 Å². The molecule has 3 aromatic rings. The van der Waals surface area contributed by atoms with Crippen molar-refractivity contribution in [3.05, 3.63) is 65.4 Å². The average Bonchev–Trinajstić information content (AvgIpc) is 2.72. The molecule has 1 aliphatic rings. The normalized spacial score (nSPS) is 15.0. The number of ether oxygens (including phenoxy) is 1. The van der Waals surface area contributed by atoms with E-state index in [2.05, 4.69) is 20.6 Å². The van der Waals surface area contributed by atoms with Crippen molar-refractivity contribution in [3.63, 3.8) is 0 Å². The summed E-state index contributed by atoms with van der Waals surface area (Å²) >= 11 is 0. The summed E-state index contributed by atoms with van der Waals surface area (Å²) in [6.45, 7) is 3.95. The van der Waals surface area contributed by atoms with Gasteiger partial charge in [-0.3, -0.25) is 4.79 Å². The number of benzene rings is 2. The van der Waals surface area contributed by atoms with Gasteiger partial charge in [0.05, 0.1) is 29.6 Å². The second kappa shape index (κ2) is 8.38. The largest absolute Gasteiger partial charge is 0.495 e. The Morgan fingerprint density at radius 1 is 1.00 bits per heavy atom. The smallest absolute Gasteiger partial charge is 0.416 e. The van der Waals surface area contributed by atoms with Gasteiger partial charge in [0, 0.05) is 12.1 Å². The SMILES string of the molecule is COc1ccccc1Nc1nc(Nc2cccc(C(F)(F)F)c2)nc2c1C(=O)CC(C)(C)C2. The van der Waals surface area contributed by atoms with Gasteiger partial charge in [-0.1, -0.05) is 32.0 Å². The molecule has 2 N–H and O–H groups in total. The summed E-state index contributed by atoms with van der Waals surface area (Å²) in [4.78, 5) is 21.9. The zero-order chi connectivity index (χ0) is 23.8. The molecule has 0 fully saturated rings. The van der Waals surface area contributed by atoms with Crippen molar-refractivity contribution in [3.8, 4) is 5.75 Å². The Morgan fingerprint density at radius 3 is 2.48 bits per heavy atom. The first-order valence-electron chi connectivity index (χ1n) is 10.3. The van der Waals surface area contributed by atoms with Crippen LogP contribution in [-0.2, 0) is 12.6 Å². The highest BCUT2D eigenvalue weighted by atomic mass is 19.4. The number of halogens is 3. The lowest BCUT2D eigenvalue weighted by atomic mass is 9.75. The molecule has 0 atom stereocenters. The lowest BCUT2D eigenvalue weighted by molar-refractivity contribution is -0.137. The molecular formula is C24H23F3N4O2. The van der Waals surface area contributed by atoms with E-state index in [4.69, 9.17) is 4.74 Å². The number of methoxy groups -OCH3 is 1. The number of aromatic nitrogens is 2. The van der Waals surface area contributed by atoms with E-state index in [1.54, 1.807) is 12.1 Å². The van der Waals surface area contributed by atoms with E-state index in [1.807, 2.05) is 26.0 Å². The first-order chi connectivity index (χ1) is 15.6. The van der Waals surface area contributed by atoms with Crippen molar-refractivity contribution in [1.29, 1.82) is 0 Å². The van der Waals surface area contributed by atoms with Crippen LogP contribution >= 0.6 is 0 Å². The minimum Gasteiger partial charge on any atom is -0.495 e. The molecule has 4 rings (SSSR count). The Morgan fingerprint density at radius 2 is 1.76 bits per heavy atom. The molecule has 0 spiro atoms. The highest BCUT2D eigenvalue weighted by molar-refractivity contribution is 6.03. The number of rotatable bonds is 5. The predicted octanol–water partition coefficient (Wildman–Crippen LogP) is 6.15. The monoisotopic (exact) mass is 456 g/mol. The minimum atomic E-state index is -4.47. The number of alkyl halides is 3. The third kappa shape index (κ3) is 4.92. The molecule has 1 aliphatic carbocycles. The molecule has 1 heterocycles. The molecule has 6 nitrogen and oxygen atoms in total. The molecule has 172 valence electrons. The molecule has 1 aromatic heterocycles. The van der Waals surface area contributed by atoms with Gasteiger partial charge in [-0.25, -0.2) is 4.98 Å². The van der Waals surface area contributed by atoms with E-state index in [9.17, 15) is 18.0 Å². The van der Waals surface area contributed by atoms with E-state index >= 15 is 0 Å². The fourth-order valence-electron chi connectivity index (χ4n) is 3.89. The Bertz CT molecular complexity index is 1210. The zero-order valence-electron chi connectivity index (χ0n) is 18.4. The van der Waals surface area contributed by atoms with Gasteiger partial charge in [0.15, 0.2) is 5.78 Å². The summed E-state index contributed by atoms with van der Waals surface area (Å²) in [7, 11) is 1.53. The van der Waals surface area contributed by atoms with Gasteiger partial charge in [0.1, 0.15) is 11.6 Å².